The van der Waals surface area contributed by atoms with Crippen LogP contribution in [0.3, 0.4) is 0 Å². The number of hydrogen-bond donors (Lipinski definition) is 1. The molecule has 0 radical (unpaired) electrons. The number of anilines is 3. The van der Waals surface area contributed by atoms with Gasteiger partial charge in [0, 0.05) is 34.6 Å². The molecule has 0 saturated heterocycles. The molecule has 42 heavy (non-hydrogen) atoms. The molecule has 0 atom stereocenters. The van der Waals surface area contributed by atoms with Gasteiger partial charge in [-0.15, -0.1) is 19.6 Å². The van der Waals surface area contributed by atoms with E-state index < -0.39 is 0 Å². The standard InChI is InChI=1S/C28H31FN6.C3H3O.CH3.2Li/c1-3-5-9-17-31-28-32-25-20-35(26-14-13-24(29)21-11-6-7-12-22(21)26)19-15-23(25)27(33-28)34(4-2)18-10-8-16-30;1-2-3-4;;;/h6-7,9-14H,1-5,8,15,17-20H2,(H,31,32,33);2H,1H2;1H3;;/q-4;2*-1;2*+1. The largest absolute Gasteiger partial charge is 1.00 e. The number of halogens is 1. The van der Waals surface area contributed by atoms with E-state index in [0.717, 1.165) is 60.0 Å². The molecule has 7 nitrogen and oxygen atoms in total. The second kappa shape index (κ2) is 21.0. The molecule has 0 aliphatic carbocycles. The Morgan fingerprint density at radius 2 is 1.90 bits per heavy atom. The predicted molar refractivity (Wildman–Crippen MR) is 162 cm³/mol. The summed E-state index contributed by atoms with van der Waals surface area (Å²) in [6.45, 7) is 14.2. The van der Waals surface area contributed by atoms with Crippen molar-refractivity contribution >= 4 is 34.5 Å². The predicted octanol–water partition coefficient (Wildman–Crippen LogP) is 0.0609. The first-order chi connectivity index (χ1) is 19.1. The van der Waals surface area contributed by atoms with Crippen molar-refractivity contribution < 1.29 is 46.9 Å². The maximum atomic E-state index is 14.4. The summed E-state index contributed by atoms with van der Waals surface area (Å²) in [5.41, 5.74) is 3.06. The zero-order valence-electron chi connectivity index (χ0n) is 25.2. The summed E-state index contributed by atoms with van der Waals surface area (Å²) < 4.78 is 14.4. The summed E-state index contributed by atoms with van der Waals surface area (Å²) in [6.07, 6.45) is 9.49. The third-order valence-corrected chi connectivity index (χ3v) is 6.28. The van der Waals surface area contributed by atoms with Crippen LogP contribution in [0.25, 0.3) is 10.8 Å². The van der Waals surface area contributed by atoms with Gasteiger partial charge in [-0.2, -0.15) is 4.98 Å². The zero-order valence-corrected chi connectivity index (χ0v) is 25.2. The number of carbonyl (C=O) groups excluding carboxylic acids is 1. The van der Waals surface area contributed by atoms with Crippen molar-refractivity contribution in [1.29, 1.82) is 5.26 Å². The number of nitrogens with one attached hydrogen (secondary N) is 1. The van der Waals surface area contributed by atoms with Crippen molar-refractivity contribution in [3.8, 4) is 6.07 Å². The number of nitriles is 1. The van der Waals surface area contributed by atoms with Gasteiger partial charge in [0.2, 0.25) is 5.95 Å². The van der Waals surface area contributed by atoms with Gasteiger partial charge in [0.15, 0.2) is 0 Å². The fraction of sp³-hybridized carbons (Fsp3) is 0.281. The molecule has 1 N–H and O–H groups in total. The summed E-state index contributed by atoms with van der Waals surface area (Å²) in [6, 6.07) is 13.2. The molecule has 2 aromatic carbocycles. The fourth-order valence-corrected chi connectivity index (χ4v) is 4.46. The molecule has 1 aliphatic rings. The Balaban J connectivity index is 0.00000226. The molecule has 0 spiro atoms. The van der Waals surface area contributed by atoms with Gasteiger partial charge in [0.1, 0.15) is 11.6 Å². The Kier molecular flexibility index (Phi) is 19.6. The second-order valence-corrected chi connectivity index (χ2v) is 8.81. The number of allylic oxidation sites excluding steroid dienone is 1. The Bertz CT molecular complexity index is 1290. The van der Waals surface area contributed by atoms with E-state index in [9.17, 15) is 4.39 Å². The molecule has 214 valence electrons. The minimum Gasteiger partial charge on any atom is -0.419 e. The van der Waals surface area contributed by atoms with Crippen LogP contribution < -0.4 is 52.8 Å². The van der Waals surface area contributed by atoms with Crippen LogP contribution in [0.15, 0.2) is 49.1 Å². The maximum Gasteiger partial charge on any atom is 1.00 e. The SMILES string of the molecule is C=C[C-]=O.[CH2-]CC[CH-]CNc1nc2c(c(N(C[CH2-])C[CH-]CC#N)n1)CCN(c1ccc(F)c3ccccc13)C2.[CH3-].[Li+].[Li+]. The Hall–Kier alpha value is -2.80. The summed E-state index contributed by atoms with van der Waals surface area (Å²) >= 11 is 0. The topological polar surface area (TPSA) is 85.2 Å². The first-order valence-electron chi connectivity index (χ1n) is 13.0. The van der Waals surface area contributed by atoms with Crippen molar-refractivity contribution in [2.75, 3.05) is 41.3 Å². The monoisotopic (exact) mass is 554 g/mol. The van der Waals surface area contributed by atoms with Gasteiger partial charge in [-0.25, -0.2) is 40.1 Å². The minimum absolute atomic E-state index is 0. The van der Waals surface area contributed by atoms with Gasteiger partial charge in [0.25, 0.3) is 0 Å². The third kappa shape index (κ3) is 10.5. The van der Waals surface area contributed by atoms with E-state index in [2.05, 4.69) is 48.0 Å². The van der Waals surface area contributed by atoms with Crippen LogP contribution in [0.5, 0.6) is 0 Å². The molecule has 0 amide bonds. The van der Waals surface area contributed by atoms with Crippen molar-refractivity contribution in [3.63, 3.8) is 0 Å². The molecule has 10 heteroatoms. The molecule has 3 aromatic rings. The van der Waals surface area contributed by atoms with Crippen molar-refractivity contribution in [1.82, 2.24) is 9.97 Å². The normalized spacial score (nSPS) is 11.2. The molecule has 0 saturated carbocycles. The quantitative estimate of drug-likeness (QED) is 0.147. The smallest absolute Gasteiger partial charge is 0.419 e. The van der Waals surface area contributed by atoms with Crippen LogP contribution in [0.4, 0.5) is 21.8 Å². The summed E-state index contributed by atoms with van der Waals surface area (Å²) in [5, 5.41) is 13.8. The molecule has 4 rings (SSSR count). The Labute approximate surface area is 275 Å². The van der Waals surface area contributed by atoms with Crippen molar-refractivity contribution in [2.24, 2.45) is 0 Å². The van der Waals surface area contributed by atoms with E-state index in [-0.39, 0.29) is 51.0 Å². The zero-order chi connectivity index (χ0) is 28.0. The van der Waals surface area contributed by atoms with Gasteiger partial charge in [-0.05, 0) is 24.8 Å². The van der Waals surface area contributed by atoms with Gasteiger partial charge < -0.3 is 47.6 Å². The maximum absolute atomic E-state index is 14.4. The Morgan fingerprint density at radius 1 is 1.19 bits per heavy atom. The van der Waals surface area contributed by atoms with E-state index in [4.69, 9.17) is 20.0 Å². The van der Waals surface area contributed by atoms with Gasteiger partial charge in [-0.3, -0.25) is 6.42 Å². The average molecular weight is 555 g/mol. The third-order valence-electron chi connectivity index (χ3n) is 6.28. The number of aromatic nitrogens is 2. The number of rotatable bonds is 12. The molecule has 0 unspecified atom stereocenters. The average Bonchev–Trinajstić information content (AvgIpc) is 2.97. The number of benzene rings is 2. The summed E-state index contributed by atoms with van der Waals surface area (Å²) in [7, 11) is 0. The molecule has 1 aliphatic heterocycles. The van der Waals surface area contributed by atoms with E-state index in [1.807, 2.05) is 36.8 Å². The van der Waals surface area contributed by atoms with E-state index in [1.54, 1.807) is 6.07 Å². The molecule has 1 aromatic heterocycles. The van der Waals surface area contributed by atoms with Crippen molar-refractivity contribution in [3.05, 3.63) is 100 Å². The number of fused-ring (bicyclic) bond motifs is 2. The van der Waals surface area contributed by atoms with Crippen LogP contribution >= 0.6 is 0 Å². The first kappa shape index (κ1) is 39.2. The number of hydrogen-bond acceptors (Lipinski definition) is 7. The van der Waals surface area contributed by atoms with Crippen LogP contribution in [-0.2, 0) is 17.8 Å². The molecule has 0 bridgehead atoms. The van der Waals surface area contributed by atoms with Crippen LogP contribution in [-0.4, -0.2) is 42.4 Å². The number of nitrogens with zero attached hydrogens (tertiary/aromatic N) is 5. The van der Waals surface area contributed by atoms with Crippen LogP contribution in [0, 0.1) is 51.3 Å². The molecular formula is C32H37FLi2N6O-4. The van der Waals surface area contributed by atoms with E-state index in [0.29, 0.717) is 43.9 Å². The molecular weight excluding hydrogens is 517 g/mol. The van der Waals surface area contributed by atoms with Crippen molar-refractivity contribution in [2.45, 2.75) is 32.2 Å². The molecule has 0 fully saturated rings. The second-order valence-electron chi connectivity index (χ2n) is 8.81. The van der Waals surface area contributed by atoms with Gasteiger partial charge in [-0.1, -0.05) is 30.7 Å². The van der Waals surface area contributed by atoms with E-state index in [1.165, 1.54) is 6.29 Å². The molecule has 2 heterocycles. The van der Waals surface area contributed by atoms with Crippen LogP contribution in [0.2, 0.25) is 0 Å². The van der Waals surface area contributed by atoms with E-state index >= 15 is 0 Å². The minimum atomic E-state index is -0.212. The number of unbranched alkanes of at least 4 members (excludes halogenated alkanes) is 3. The Morgan fingerprint density at radius 3 is 2.55 bits per heavy atom. The first-order valence-corrected chi connectivity index (χ1v) is 13.0. The fourth-order valence-electron chi connectivity index (χ4n) is 4.46. The summed E-state index contributed by atoms with van der Waals surface area (Å²) in [5.74, 6) is 1.22. The van der Waals surface area contributed by atoms with Gasteiger partial charge >= 0.3 is 37.7 Å². The van der Waals surface area contributed by atoms with Gasteiger partial charge in [0.05, 0.1) is 12.2 Å². The van der Waals surface area contributed by atoms with Crippen LogP contribution in [0.1, 0.15) is 30.5 Å². The summed E-state index contributed by atoms with van der Waals surface area (Å²) in [4.78, 5) is 23.0.